The van der Waals surface area contributed by atoms with Crippen LogP contribution in [0.15, 0.2) is 30.3 Å². The average Bonchev–Trinajstić information content (AvgIpc) is 1.90. The summed E-state index contributed by atoms with van der Waals surface area (Å²) >= 11 is 0. The number of benzene rings is 1. The van der Waals surface area contributed by atoms with Crippen LogP contribution in [0.4, 0.5) is 0 Å². The Kier molecular flexibility index (Phi) is 4.90. The van der Waals surface area contributed by atoms with Gasteiger partial charge in [-0.1, -0.05) is 30.3 Å². The molecule has 1 nitrogen and oxygen atoms in total. The van der Waals surface area contributed by atoms with Crippen molar-refractivity contribution < 1.29 is 0 Å². The Labute approximate surface area is 81.8 Å². The standard InChI is InChI=1S/C8H11N.Pb.2H/c1-7(9)8-5-3-2-4-6-8;;;/h2-7H,9H2,1H3;;;. The van der Waals surface area contributed by atoms with Crippen LogP contribution in [-0.4, -0.2) is 27.3 Å². The van der Waals surface area contributed by atoms with Crippen molar-refractivity contribution in [2.45, 2.75) is 13.0 Å². The molecule has 1 unspecified atom stereocenters. The third-order valence-corrected chi connectivity index (χ3v) is 1.33. The molecule has 0 spiro atoms. The fraction of sp³-hybridized carbons (Fsp3) is 0.250. The molecule has 1 aromatic rings. The van der Waals surface area contributed by atoms with Crippen LogP contribution in [0.3, 0.4) is 0 Å². The first-order chi connectivity index (χ1) is 4.30. The molecule has 0 heterocycles. The Morgan fingerprint density at radius 2 is 1.70 bits per heavy atom. The third kappa shape index (κ3) is 2.79. The van der Waals surface area contributed by atoms with E-state index in [0.29, 0.717) is 0 Å². The number of nitrogens with two attached hydrogens (primary N) is 1. The van der Waals surface area contributed by atoms with Gasteiger partial charge in [-0.15, -0.1) is 0 Å². The molecule has 0 aliphatic carbocycles. The second kappa shape index (κ2) is 4.85. The molecule has 1 aromatic carbocycles. The number of hydrogen-bond acceptors (Lipinski definition) is 1. The van der Waals surface area contributed by atoms with E-state index in [0.717, 1.165) is 0 Å². The summed E-state index contributed by atoms with van der Waals surface area (Å²) in [7, 11) is 0. The molecule has 2 heteroatoms. The summed E-state index contributed by atoms with van der Waals surface area (Å²) in [5.74, 6) is 0. The van der Waals surface area contributed by atoms with Crippen molar-refractivity contribution in [1.82, 2.24) is 0 Å². The zero-order valence-electron chi connectivity index (χ0n) is 6.25. The van der Waals surface area contributed by atoms with Crippen LogP contribution in [0.25, 0.3) is 0 Å². The molecule has 10 heavy (non-hydrogen) atoms. The summed E-state index contributed by atoms with van der Waals surface area (Å²) in [5, 5.41) is 0. The van der Waals surface area contributed by atoms with E-state index in [9.17, 15) is 0 Å². The van der Waals surface area contributed by atoms with Crippen molar-refractivity contribution in [3.05, 3.63) is 35.9 Å². The van der Waals surface area contributed by atoms with Gasteiger partial charge in [-0.3, -0.25) is 0 Å². The molecule has 0 fully saturated rings. The van der Waals surface area contributed by atoms with E-state index in [4.69, 9.17) is 5.73 Å². The molecule has 0 aliphatic heterocycles. The van der Waals surface area contributed by atoms with E-state index in [1.165, 1.54) is 5.56 Å². The van der Waals surface area contributed by atoms with Gasteiger partial charge in [-0.05, 0) is 12.5 Å². The normalized spacial score (nSPS) is 11.8. The molecule has 1 atom stereocenters. The van der Waals surface area contributed by atoms with Crippen LogP contribution in [-0.2, 0) is 0 Å². The second-order valence-corrected chi connectivity index (χ2v) is 2.20. The Hall–Kier alpha value is 0.102. The number of hydrogen-bond donors (Lipinski definition) is 1. The predicted molar refractivity (Wildman–Crippen MR) is 47.6 cm³/mol. The van der Waals surface area contributed by atoms with Gasteiger partial charge in [0.15, 0.2) is 0 Å². The van der Waals surface area contributed by atoms with Gasteiger partial charge in [0.25, 0.3) is 0 Å². The molecule has 2 radical (unpaired) electrons. The Morgan fingerprint density at radius 1 is 1.20 bits per heavy atom. The third-order valence-electron chi connectivity index (χ3n) is 1.33. The van der Waals surface area contributed by atoms with Gasteiger partial charge in [-0.25, -0.2) is 0 Å². The van der Waals surface area contributed by atoms with Gasteiger partial charge in [0.05, 0.1) is 0 Å². The van der Waals surface area contributed by atoms with Crippen LogP contribution in [0, 0.1) is 0 Å². The topological polar surface area (TPSA) is 26.0 Å². The van der Waals surface area contributed by atoms with Crippen molar-refractivity contribution in [2.75, 3.05) is 0 Å². The summed E-state index contributed by atoms with van der Waals surface area (Å²) in [6, 6.07) is 10.2. The number of rotatable bonds is 1. The maximum absolute atomic E-state index is 5.61. The first kappa shape index (κ1) is 10.1. The minimum atomic E-state index is 0. The van der Waals surface area contributed by atoms with Gasteiger partial charge in [0.1, 0.15) is 0 Å². The molecule has 0 aromatic heterocycles. The van der Waals surface area contributed by atoms with E-state index in [1.807, 2.05) is 37.3 Å². The summed E-state index contributed by atoms with van der Waals surface area (Å²) in [4.78, 5) is 0. The van der Waals surface area contributed by atoms with Gasteiger partial charge < -0.3 is 5.73 Å². The SMILES string of the molecule is CC(N)c1ccccc1.[PbH2]. The fourth-order valence-corrected chi connectivity index (χ4v) is 0.757. The van der Waals surface area contributed by atoms with Gasteiger partial charge >= 0.3 is 27.3 Å². The van der Waals surface area contributed by atoms with Crippen molar-refractivity contribution in [1.29, 1.82) is 0 Å². The quantitative estimate of drug-likeness (QED) is 0.757. The average molecular weight is 330 g/mol. The Balaban J connectivity index is 0.000000810. The molecule has 0 bridgehead atoms. The van der Waals surface area contributed by atoms with Crippen molar-refractivity contribution in [2.24, 2.45) is 5.73 Å². The Bertz CT molecular complexity index is 172. The first-order valence-corrected chi connectivity index (χ1v) is 3.11. The molecule has 0 aliphatic rings. The second-order valence-electron chi connectivity index (χ2n) is 2.20. The molecular formula is C8H13NPb. The zero-order chi connectivity index (χ0) is 6.69. The van der Waals surface area contributed by atoms with Crippen LogP contribution >= 0.6 is 0 Å². The maximum atomic E-state index is 5.61. The Morgan fingerprint density at radius 3 is 2.00 bits per heavy atom. The van der Waals surface area contributed by atoms with Crippen LogP contribution < -0.4 is 5.73 Å². The van der Waals surface area contributed by atoms with Crippen molar-refractivity contribution in [3.63, 3.8) is 0 Å². The van der Waals surface area contributed by atoms with E-state index in [-0.39, 0.29) is 33.3 Å². The summed E-state index contributed by atoms with van der Waals surface area (Å²) in [6.07, 6.45) is 0. The van der Waals surface area contributed by atoms with Crippen LogP contribution in [0.5, 0.6) is 0 Å². The molecule has 0 amide bonds. The molecule has 1 rings (SSSR count). The fourth-order valence-electron chi connectivity index (χ4n) is 0.757. The molecule has 0 saturated carbocycles. The minimum absolute atomic E-state index is 0. The monoisotopic (exact) mass is 331 g/mol. The first-order valence-electron chi connectivity index (χ1n) is 3.11. The molecule has 0 saturated heterocycles. The summed E-state index contributed by atoms with van der Waals surface area (Å²) in [6.45, 7) is 1.98. The van der Waals surface area contributed by atoms with Crippen LogP contribution in [0.1, 0.15) is 18.5 Å². The van der Waals surface area contributed by atoms with E-state index in [2.05, 4.69) is 0 Å². The van der Waals surface area contributed by atoms with Gasteiger partial charge in [0.2, 0.25) is 0 Å². The summed E-state index contributed by atoms with van der Waals surface area (Å²) < 4.78 is 0. The molecule has 54 valence electrons. The van der Waals surface area contributed by atoms with E-state index in [1.54, 1.807) is 0 Å². The van der Waals surface area contributed by atoms with E-state index < -0.39 is 0 Å². The zero-order valence-corrected chi connectivity index (χ0v) is 11.7. The summed E-state index contributed by atoms with van der Waals surface area (Å²) in [5.41, 5.74) is 6.81. The van der Waals surface area contributed by atoms with Crippen molar-refractivity contribution in [3.8, 4) is 0 Å². The van der Waals surface area contributed by atoms with Crippen LogP contribution in [0.2, 0.25) is 0 Å². The van der Waals surface area contributed by atoms with Crippen molar-refractivity contribution >= 4 is 27.3 Å². The molecular weight excluding hydrogens is 317 g/mol. The molecule has 2 N–H and O–H groups in total. The predicted octanol–water partition coefficient (Wildman–Crippen LogP) is 0.790. The van der Waals surface area contributed by atoms with Gasteiger partial charge in [0, 0.05) is 6.04 Å². The van der Waals surface area contributed by atoms with E-state index >= 15 is 0 Å². The van der Waals surface area contributed by atoms with Gasteiger partial charge in [-0.2, -0.15) is 0 Å².